The van der Waals surface area contributed by atoms with E-state index in [0.717, 1.165) is 17.0 Å². The van der Waals surface area contributed by atoms with Gasteiger partial charge in [0.05, 0.1) is 47.3 Å². The second kappa shape index (κ2) is 12.6. The first kappa shape index (κ1) is 28.6. The SMILES string of the molecule is CCOC(=O)CCN(C(=O)c1ccc2c(c1)nc(CNc1ccc(C#N)cc1)n2C(C)C)c1ccc(F)c(Cl)c1. The third-order valence-electron chi connectivity index (χ3n) is 6.30. The molecule has 0 aliphatic carbocycles. The molecule has 3 aromatic carbocycles. The van der Waals surface area contributed by atoms with Crippen LogP contribution in [-0.2, 0) is 16.1 Å². The number of amides is 1. The van der Waals surface area contributed by atoms with Gasteiger partial charge in [-0.3, -0.25) is 9.59 Å². The first-order chi connectivity index (χ1) is 19.2. The molecule has 0 fully saturated rings. The van der Waals surface area contributed by atoms with Gasteiger partial charge in [0.1, 0.15) is 11.6 Å². The molecule has 0 radical (unpaired) electrons. The van der Waals surface area contributed by atoms with E-state index in [1.54, 1.807) is 31.2 Å². The van der Waals surface area contributed by atoms with Gasteiger partial charge in [0.15, 0.2) is 0 Å². The first-order valence-electron chi connectivity index (χ1n) is 12.9. The van der Waals surface area contributed by atoms with E-state index in [4.69, 9.17) is 26.6 Å². The van der Waals surface area contributed by atoms with Gasteiger partial charge >= 0.3 is 5.97 Å². The van der Waals surface area contributed by atoms with Crippen molar-refractivity contribution in [2.24, 2.45) is 0 Å². The van der Waals surface area contributed by atoms with Crippen molar-refractivity contribution in [2.75, 3.05) is 23.4 Å². The summed E-state index contributed by atoms with van der Waals surface area (Å²) in [6, 6.07) is 18.6. The van der Waals surface area contributed by atoms with Crippen molar-refractivity contribution in [2.45, 2.75) is 39.8 Å². The molecule has 0 aliphatic rings. The molecule has 0 saturated carbocycles. The van der Waals surface area contributed by atoms with Gasteiger partial charge in [-0.25, -0.2) is 9.37 Å². The van der Waals surface area contributed by atoms with Gasteiger partial charge < -0.3 is 19.5 Å². The number of halogens is 2. The molecule has 0 bridgehead atoms. The van der Waals surface area contributed by atoms with Crippen LogP contribution in [0.5, 0.6) is 0 Å². The van der Waals surface area contributed by atoms with Gasteiger partial charge in [-0.05, 0) is 81.4 Å². The highest BCUT2D eigenvalue weighted by Gasteiger charge is 2.22. The first-order valence-corrected chi connectivity index (χ1v) is 13.3. The summed E-state index contributed by atoms with van der Waals surface area (Å²) in [5.74, 6) is -0.654. The number of aromatic nitrogens is 2. The zero-order valence-electron chi connectivity index (χ0n) is 22.4. The molecule has 206 valence electrons. The Bertz CT molecular complexity index is 1580. The Morgan fingerprint density at radius 3 is 2.55 bits per heavy atom. The van der Waals surface area contributed by atoms with Crippen LogP contribution in [0.4, 0.5) is 15.8 Å². The molecular formula is C30H29ClFN5O3. The normalized spacial score (nSPS) is 10.9. The number of carbonyl (C=O) groups is 2. The number of ether oxygens (including phenoxy) is 1. The number of hydrogen-bond donors (Lipinski definition) is 1. The maximum atomic E-state index is 13.8. The van der Waals surface area contributed by atoms with Gasteiger partial charge in [0, 0.05) is 29.5 Å². The van der Waals surface area contributed by atoms with Gasteiger partial charge in [0.2, 0.25) is 0 Å². The monoisotopic (exact) mass is 561 g/mol. The number of hydrogen-bond acceptors (Lipinski definition) is 6. The van der Waals surface area contributed by atoms with Gasteiger partial charge in [0.25, 0.3) is 5.91 Å². The molecule has 40 heavy (non-hydrogen) atoms. The molecule has 0 atom stereocenters. The molecule has 10 heteroatoms. The fourth-order valence-corrected chi connectivity index (χ4v) is 4.59. The number of carbonyl (C=O) groups excluding carboxylic acids is 2. The average Bonchev–Trinajstić information content (AvgIpc) is 3.32. The molecule has 0 aliphatic heterocycles. The summed E-state index contributed by atoms with van der Waals surface area (Å²) in [5, 5.41) is 12.2. The van der Waals surface area contributed by atoms with Gasteiger partial charge in [-0.2, -0.15) is 5.26 Å². The molecule has 4 aromatic rings. The van der Waals surface area contributed by atoms with E-state index in [2.05, 4.69) is 29.8 Å². The van der Waals surface area contributed by atoms with Crippen molar-refractivity contribution < 1.29 is 18.7 Å². The minimum atomic E-state index is -0.606. The van der Waals surface area contributed by atoms with E-state index in [1.165, 1.54) is 23.1 Å². The number of rotatable bonds is 10. The molecule has 1 heterocycles. The van der Waals surface area contributed by atoms with Crippen LogP contribution in [0.2, 0.25) is 5.02 Å². The predicted octanol–water partition coefficient (Wildman–Crippen LogP) is 6.49. The third-order valence-corrected chi connectivity index (χ3v) is 6.59. The highest BCUT2D eigenvalue weighted by Crippen LogP contribution is 2.27. The third kappa shape index (κ3) is 6.41. The summed E-state index contributed by atoms with van der Waals surface area (Å²) in [5.41, 5.74) is 3.66. The fourth-order valence-electron chi connectivity index (χ4n) is 4.42. The Kier molecular flexibility index (Phi) is 9.02. The average molecular weight is 562 g/mol. The summed E-state index contributed by atoms with van der Waals surface area (Å²) in [6.45, 7) is 6.51. The van der Waals surface area contributed by atoms with Crippen LogP contribution < -0.4 is 10.2 Å². The Balaban J connectivity index is 1.65. The van der Waals surface area contributed by atoms with Crippen LogP contribution in [0.3, 0.4) is 0 Å². The minimum absolute atomic E-state index is 0.0257. The highest BCUT2D eigenvalue weighted by molar-refractivity contribution is 6.31. The van der Waals surface area contributed by atoms with Crippen molar-refractivity contribution in [3.05, 3.63) is 88.5 Å². The van der Waals surface area contributed by atoms with Gasteiger partial charge in [-0.15, -0.1) is 0 Å². The van der Waals surface area contributed by atoms with Crippen molar-refractivity contribution in [1.82, 2.24) is 9.55 Å². The summed E-state index contributed by atoms with van der Waals surface area (Å²) in [6.07, 6.45) is -0.0377. The second-order valence-corrected chi connectivity index (χ2v) is 9.76. The Labute approximate surface area is 236 Å². The Morgan fingerprint density at radius 2 is 1.90 bits per heavy atom. The van der Waals surface area contributed by atoms with E-state index >= 15 is 0 Å². The van der Waals surface area contributed by atoms with Crippen LogP contribution in [0, 0.1) is 17.1 Å². The predicted molar refractivity (Wildman–Crippen MR) is 153 cm³/mol. The molecule has 0 saturated heterocycles. The maximum absolute atomic E-state index is 13.8. The Hall–Kier alpha value is -4.42. The van der Waals surface area contributed by atoms with E-state index < -0.39 is 11.8 Å². The lowest BCUT2D eigenvalue weighted by Gasteiger charge is -2.23. The zero-order chi connectivity index (χ0) is 28.8. The van der Waals surface area contributed by atoms with Crippen LogP contribution >= 0.6 is 11.6 Å². The smallest absolute Gasteiger partial charge is 0.307 e. The number of esters is 1. The summed E-state index contributed by atoms with van der Waals surface area (Å²) >= 11 is 6.00. The molecule has 4 rings (SSSR count). The van der Waals surface area contributed by atoms with Crippen molar-refractivity contribution in [1.29, 1.82) is 5.26 Å². The molecule has 1 aromatic heterocycles. The molecule has 0 unspecified atom stereocenters. The fraction of sp³-hybridized carbons (Fsp3) is 0.267. The van der Waals surface area contributed by atoms with Crippen LogP contribution in [0.15, 0.2) is 60.7 Å². The zero-order valence-corrected chi connectivity index (χ0v) is 23.2. The van der Waals surface area contributed by atoms with Crippen molar-refractivity contribution >= 4 is 45.9 Å². The lowest BCUT2D eigenvalue weighted by Crippen LogP contribution is -2.33. The number of imidazole rings is 1. The highest BCUT2D eigenvalue weighted by atomic mass is 35.5. The topological polar surface area (TPSA) is 100 Å². The number of nitrogens with one attached hydrogen (secondary N) is 1. The summed E-state index contributed by atoms with van der Waals surface area (Å²) < 4.78 is 21.0. The molecule has 1 N–H and O–H groups in total. The van der Waals surface area contributed by atoms with E-state index in [-0.39, 0.29) is 36.5 Å². The molecule has 8 nitrogen and oxygen atoms in total. The molecule has 1 amide bonds. The standard InChI is InChI=1S/C30H29ClFN5O3/c1-4-40-29(38)13-14-36(23-10-11-25(32)24(31)16-23)30(39)21-7-12-27-26(15-21)35-28(37(27)19(2)3)18-34-22-8-5-20(17-33)6-9-22/h5-12,15-16,19,34H,4,13-14,18H2,1-3H3. The number of anilines is 2. The maximum Gasteiger partial charge on any atom is 0.307 e. The minimum Gasteiger partial charge on any atom is -0.466 e. The number of benzene rings is 3. The number of nitriles is 1. The number of nitrogens with zero attached hydrogens (tertiary/aromatic N) is 4. The van der Waals surface area contributed by atoms with Crippen molar-refractivity contribution in [3.63, 3.8) is 0 Å². The number of fused-ring (bicyclic) bond motifs is 1. The molecule has 0 spiro atoms. The van der Waals surface area contributed by atoms with Crippen molar-refractivity contribution in [3.8, 4) is 6.07 Å². The van der Waals surface area contributed by atoms with Crippen LogP contribution in [0.25, 0.3) is 11.0 Å². The lowest BCUT2D eigenvalue weighted by atomic mass is 10.1. The van der Waals surface area contributed by atoms with E-state index in [9.17, 15) is 14.0 Å². The van der Waals surface area contributed by atoms with Crippen LogP contribution in [0.1, 0.15) is 55.0 Å². The van der Waals surface area contributed by atoms with Gasteiger partial charge in [-0.1, -0.05) is 11.6 Å². The lowest BCUT2D eigenvalue weighted by molar-refractivity contribution is -0.142. The summed E-state index contributed by atoms with van der Waals surface area (Å²) in [4.78, 5) is 32.0. The van der Waals surface area contributed by atoms with Crippen LogP contribution in [-0.4, -0.2) is 34.6 Å². The quantitative estimate of drug-likeness (QED) is 0.222. The van der Waals surface area contributed by atoms with E-state index in [0.29, 0.717) is 28.9 Å². The second-order valence-electron chi connectivity index (χ2n) is 9.35. The largest absolute Gasteiger partial charge is 0.466 e. The summed E-state index contributed by atoms with van der Waals surface area (Å²) in [7, 11) is 0. The Morgan fingerprint density at radius 1 is 1.15 bits per heavy atom. The molecular weight excluding hydrogens is 533 g/mol. The van der Waals surface area contributed by atoms with E-state index in [1.807, 2.05) is 18.2 Å².